The fraction of sp³-hybridized carbons (Fsp3) is 0.481. The van der Waals surface area contributed by atoms with Crippen LogP contribution in [-0.4, -0.2) is 54.2 Å². The summed E-state index contributed by atoms with van der Waals surface area (Å²) in [5, 5.41) is 13.6. The van der Waals surface area contributed by atoms with Gasteiger partial charge in [-0.2, -0.15) is 5.26 Å². The van der Waals surface area contributed by atoms with Crippen molar-refractivity contribution in [3.05, 3.63) is 52.7 Å². The summed E-state index contributed by atoms with van der Waals surface area (Å²) in [5.41, 5.74) is -1.57. The van der Waals surface area contributed by atoms with Crippen LogP contribution in [0.5, 0.6) is 0 Å². The zero-order chi connectivity index (χ0) is 29.7. The lowest BCUT2D eigenvalue weighted by Crippen LogP contribution is -2.61. The van der Waals surface area contributed by atoms with Gasteiger partial charge in [0, 0.05) is 12.7 Å². The topological polar surface area (TPSA) is 159 Å². The summed E-state index contributed by atoms with van der Waals surface area (Å²) in [6, 6.07) is 5.94. The molecule has 40 heavy (non-hydrogen) atoms. The Bertz CT molecular complexity index is 1600. The minimum Gasteiger partial charge on any atom is -0.444 e. The van der Waals surface area contributed by atoms with Crippen LogP contribution in [0.25, 0.3) is 0 Å². The first-order valence-corrected chi connectivity index (χ1v) is 14.3. The maximum absolute atomic E-state index is 15.5. The van der Waals surface area contributed by atoms with Crippen LogP contribution >= 0.6 is 0 Å². The van der Waals surface area contributed by atoms with Crippen molar-refractivity contribution in [3.63, 3.8) is 0 Å². The second-order valence-corrected chi connectivity index (χ2v) is 14.4. The van der Waals surface area contributed by atoms with Gasteiger partial charge in [-0.1, -0.05) is 0 Å². The van der Waals surface area contributed by atoms with E-state index in [4.69, 9.17) is 15.0 Å². The zero-order valence-corrected chi connectivity index (χ0v) is 24.3. The van der Waals surface area contributed by atoms with Gasteiger partial charge in [-0.15, -0.1) is 0 Å². The molecule has 2 amide bonds. The number of nitriles is 1. The number of hydrogen-bond acceptors (Lipinski definition) is 9. The average molecular weight is 570 g/mol. The normalized spacial score (nSPS) is 25.1. The zero-order valence-electron chi connectivity index (χ0n) is 23.5. The van der Waals surface area contributed by atoms with Crippen LogP contribution in [0.2, 0.25) is 0 Å². The van der Waals surface area contributed by atoms with Crippen molar-refractivity contribution in [3.8, 4) is 6.07 Å². The van der Waals surface area contributed by atoms with E-state index in [9.17, 15) is 13.8 Å². The molecule has 212 valence electrons. The van der Waals surface area contributed by atoms with Gasteiger partial charge < -0.3 is 10.1 Å². The minimum atomic E-state index is -3.08. The van der Waals surface area contributed by atoms with E-state index >= 15 is 4.39 Å². The maximum atomic E-state index is 15.5. The second kappa shape index (κ2) is 9.92. The van der Waals surface area contributed by atoms with Gasteiger partial charge in [0.05, 0.1) is 20.5 Å². The molecule has 2 aromatic rings. The van der Waals surface area contributed by atoms with Crippen molar-refractivity contribution in [2.45, 2.75) is 76.0 Å². The number of rotatable bonds is 3. The van der Waals surface area contributed by atoms with Crippen molar-refractivity contribution in [1.29, 1.82) is 5.26 Å². The number of carbonyl (C=O) groups is 2. The summed E-state index contributed by atoms with van der Waals surface area (Å²) in [7, 11) is -3.08. The molecule has 2 aliphatic heterocycles. The van der Waals surface area contributed by atoms with Gasteiger partial charge in [0.2, 0.25) is 0 Å². The highest BCUT2D eigenvalue weighted by Gasteiger charge is 2.58. The van der Waals surface area contributed by atoms with Gasteiger partial charge >= 0.3 is 6.09 Å². The molecule has 11 nitrogen and oxygen atoms in total. The lowest BCUT2D eigenvalue weighted by Gasteiger charge is -2.44. The smallest absolute Gasteiger partial charge is 0.413 e. The number of aromatic nitrogens is 2. The summed E-state index contributed by atoms with van der Waals surface area (Å²) >= 11 is 0. The number of alkyl carbamates (subject to hydrolysis) is 1. The highest BCUT2D eigenvalue weighted by molar-refractivity contribution is 7.96. The molecule has 0 fully saturated rings. The lowest BCUT2D eigenvalue weighted by atomic mass is 9.89. The number of aryl methyl sites for hydroxylation is 1. The number of hydrogen-bond donors (Lipinski definition) is 2. The SMILES string of the molecule is Cc1cc(C#N)cnc1C(=O)Nc1ccc(F)c([C@@]2(C)N=C(NC(=O)OC(C)(C)C)C(C)(C)[S@@]3(=O)=NCC[C@@H]23)n1. The van der Waals surface area contributed by atoms with Crippen LogP contribution in [0.1, 0.15) is 75.3 Å². The predicted molar refractivity (Wildman–Crippen MR) is 148 cm³/mol. The number of ether oxygens (including phenoxy) is 1. The Labute approximate surface area is 232 Å². The fourth-order valence-corrected chi connectivity index (χ4v) is 8.12. The van der Waals surface area contributed by atoms with Gasteiger partial charge in [-0.05, 0) is 78.6 Å². The van der Waals surface area contributed by atoms with Crippen molar-refractivity contribution >= 4 is 33.4 Å². The molecular formula is C27H32FN7O4S. The van der Waals surface area contributed by atoms with E-state index in [1.54, 1.807) is 48.5 Å². The van der Waals surface area contributed by atoms with Crippen LogP contribution in [0.4, 0.5) is 15.0 Å². The van der Waals surface area contributed by atoms with Crippen LogP contribution in [0.15, 0.2) is 33.8 Å². The van der Waals surface area contributed by atoms with E-state index in [0.29, 0.717) is 17.5 Å². The first-order valence-electron chi connectivity index (χ1n) is 12.7. The number of anilines is 1. The molecule has 2 aromatic heterocycles. The Morgan fingerprint density at radius 3 is 2.55 bits per heavy atom. The molecule has 0 aromatic carbocycles. The van der Waals surface area contributed by atoms with E-state index in [0.717, 1.165) is 6.07 Å². The molecule has 0 aliphatic carbocycles. The number of amides is 2. The Hall–Kier alpha value is -3.92. The minimum absolute atomic E-state index is 0.0244. The molecule has 2 N–H and O–H groups in total. The quantitative estimate of drug-likeness (QED) is 0.560. The third-order valence-electron chi connectivity index (χ3n) is 6.94. The number of pyridine rings is 2. The molecule has 2 aliphatic rings. The summed E-state index contributed by atoms with van der Waals surface area (Å²) in [6.07, 6.45) is 0.860. The van der Waals surface area contributed by atoms with E-state index in [-0.39, 0.29) is 29.6 Å². The van der Waals surface area contributed by atoms with E-state index in [1.807, 2.05) is 6.07 Å². The van der Waals surface area contributed by atoms with Gasteiger partial charge in [0.15, 0.2) is 0 Å². The van der Waals surface area contributed by atoms with Gasteiger partial charge in [0.1, 0.15) is 50.8 Å². The monoisotopic (exact) mass is 569 g/mol. The van der Waals surface area contributed by atoms with Crippen molar-refractivity contribution < 1.29 is 22.9 Å². The molecule has 13 heteroatoms. The number of nitrogens with zero attached hydrogens (tertiary/aromatic N) is 5. The Balaban J connectivity index is 1.77. The molecular weight excluding hydrogens is 537 g/mol. The van der Waals surface area contributed by atoms with Gasteiger partial charge in [0.25, 0.3) is 5.91 Å². The number of nitrogens with one attached hydrogen (secondary N) is 2. The van der Waals surface area contributed by atoms with E-state index < -0.39 is 48.7 Å². The molecule has 4 rings (SSSR count). The second-order valence-electron chi connectivity index (χ2n) is 11.4. The third kappa shape index (κ3) is 5.03. The molecule has 0 bridgehead atoms. The van der Waals surface area contributed by atoms with Crippen molar-refractivity contribution in [2.24, 2.45) is 9.36 Å². The standard InChI is InChI=1S/C27H32FN7O4S/c1-15-12-16(13-29)14-30-20(15)22(36)33-19-9-8-17(28)21(32-19)27(7)18-10-11-31-40(18,38)26(5,6)23(35-27)34-24(37)39-25(2,3)4/h8-9,12,14,18H,10-11H2,1-7H3,(H,32,33,36)(H,34,35,37)/t18-,27-,40+/m0/s1. The summed E-state index contributed by atoms with van der Waals surface area (Å²) in [5.74, 6) is -1.25. The molecule has 0 spiro atoms. The first-order chi connectivity index (χ1) is 18.5. The number of fused-ring (bicyclic) bond motifs is 1. The highest BCUT2D eigenvalue weighted by atomic mass is 32.2. The number of halogens is 1. The Morgan fingerprint density at radius 1 is 1.23 bits per heavy atom. The fourth-order valence-electron chi connectivity index (χ4n) is 4.94. The molecule has 0 radical (unpaired) electrons. The van der Waals surface area contributed by atoms with E-state index in [2.05, 4.69) is 25.0 Å². The van der Waals surface area contributed by atoms with Crippen LogP contribution in [-0.2, 0) is 20.0 Å². The van der Waals surface area contributed by atoms with E-state index in [1.165, 1.54) is 18.3 Å². The summed E-state index contributed by atoms with van der Waals surface area (Å²) in [4.78, 5) is 38.9. The lowest BCUT2D eigenvalue weighted by molar-refractivity contribution is 0.0560. The average Bonchev–Trinajstić information content (AvgIpc) is 3.27. The van der Waals surface area contributed by atoms with Crippen molar-refractivity contribution in [2.75, 3.05) is 11.9 Å². The van der Waals surface area contributed by atoms with Crippen molar-refractivity contribution in [1.82, 2.24) is 15.3 Å². The summed E-state index contributed by atoms with van der Waals surface area (Å²) in [6.45, 7) is 12.0. The van der Waals surface area contributed by atoms with Crippen LogP contribution in [0.3, 0.4) is 0 Å². The Morgan fingerprint density at radius 2 is 1.93 bits per heavy atom. The van der Waals surface area contributed by atoms with Crippen LogP contribution < -0.4 is 10.6 Å². The van der Waals surface area contributed by atoms with Gasteiger partial charge in [-0.25, -0.2) is 27.7 Å². The maximum Gasteiger partial charge on any atom is 0.413 e. The molecule has 4 heterocycles. The number of amidine groups is 1. The Kier molecular flexibility index (Phi) is 7.21. The summed E-state index contributed by atoms with van der Waals surface area (Å²) < 4.78 is 38.6. The predicted octanol–water partition coefficient (Wildman–Crippen LogP) is 4.22. The van der Waals surface area contributed by atoms with Gasteiger partial charge in [-0.3, -0.25) is 15.1 Å². The molecule has 0 saturated heterocycles. The molecule has 3 atom stereocenters. The highest BCUT2D eigenvalue weighted by Crippen LogP contribution is 2.47. The molecule has 0 saturated carbocycles. The first kappa shape index (κ1) is 29.1. The third-order valence-corrected chi connectivity index (χ3v) is 10.6. The number of carbonyl (C=O) groups excluding carboxylic acids is 2. The largest absolute Gasteiger partial charge is 0.444 e. The van der Waals surface area contributed by atoms with Crippen LogP contribution in [0, 0.1) is 24.1 Å². The molecule has 0 unspecified atom stereocenters. The number of aliphatic imine (C=N–C) groups is 1.